The summed E-state index contributed by atoms with van der Waals surface area (Å²) in [6.07, 6.45) is 2.60. The minimum atomic E-state index is -0.602. The predicted octanol–water partition coefficient (Wildman–Crippen LogP) is 2.30. The number of rotatable bonds is 3. The van der Waals surface area contributed by atoms with Gasteiger partial charge in [-0.3, -0.25) is 14.9 Å². The van der Waals surface area contributed by atoms with Gasteiger partial charge in [0.25, 0.3) is 11.6 Å². The van der Waals surface area contributed by atoms with Crippen LogP contribution >= 0.6 is 22.9 Å². The Morgan fingerprint density at radius 3 is 2.95 bits per heavy atom. The fraction of sp³-hybridized carbons (Fsp3) is 0.545. The molecule has 0 spiro atoms. The van der Waals surface area contributed by atoms with Crippen molar-refractivity contribution >= 4 is 34.5 Å². The zero-order valence-electron chi connectivity index (χ0n) is 10.0. The quantitative estimate of drug-likeness (QED) is 0.686. The van der Waals surface area contributed by atoms with Gasteiger partial charge in [-0.1, -0.05) is 11.6 Å². The van der Waals surface area contributed by atoms with Crippen LogP contribution in [0.5, 0.6) is 0 Å². The number of carbonyl (C=O) groups excluding carboxylic acids is 1. The Morgan fingerprint density at radius 2 is 2.37 bits per heavy atom. The van der Waals surface area contributed by atoms with Crippen LogP contribution < -0.4 is 0 Å². The van der Waals surface area contributed by atoms with Crippen LogP contribution in [0.25, 0.3) is 0 Å². The van der Waals surface area contributed by atoms with E-state index < -0.39 is 4.92 Å². The number of thiophene rings is 1. The Hall–Kier alpha value is -1.18. The number of hydrogen-bond donors (Lipinski definition) is 1. The molecule has 104 valence electrons. The molecular formula is C11H13ClN2O4S. The predicted molar refractivity (Wildman–Crippen MR) is 71.7 cm³/mol. The van der Waals surface area contributed by atoms with Gasteiger partial charge in [0, 0.05) is 12.6 Å². The molecule has 1 aromatic rings. The van der Waals surface area contributed by atoms with Crippen molar-refractivity contribution in [2.45, 2.75) is 25.3 Å². The van der Waals surface area contributed by atoms with E-state index in [1.807, 2.05) is 0 Å². The summed E-state index contributed by atoms with van der Waals surface area (Å²) >= 11 is 6.66. The smallest absolute Gasteiger partial charge is 0.299 e. The van der Waals surface area contributed by atoms with Crippen LogP contribution in [0.4, 0.5) is 5.69 Å². The Labute approximate surface area is 118 Å². The average Bonchev–Trinajstić information content (AvgIpc) is 2.80. The molecule has 0 bridgehead atoms. The Bertz CT molecular complexity index is 505. The first-order valence-electron chi connectivity index (χ1n) is 5.90. The van der Waals surface area contributed by atoms with Crippen LogP contribution in [0.3, 0.4) is 0 Å². The first-order valence-corrected chi connectivity index (χ1v) is 7.09. The van der Waals surface area contributed by atoms with Crippen molar-refractivity contribution in [1.29, 1.82) is 0 Å². The van der Waals surface area contributed by atoms with E-state index in [0.29, 0.717) is 6.54 Å². The topological polar surface area (TPSA) is 83.7 Å². The van der Waals surface area contributed by atoms with Gasteiger partial charge in [0.15, 0.2) is 4.34 Å². The van der Waals surface area contributed by atoms with Crippen molar-refractivity contribution in [1.82, 2.24) is 4.90 Å². The number of aliphatic hydroxyl groups excluding tert-OH is 1. The summed E-state index contributed by atoms with van der Waals surface area (Å²) in [5.41, 5.74) is -0.243. The summed E-state index contributed by atoms with van der Waals surface area (Å²) in [6.45, 7) is 0.473. The molecule has 1 N–H and O–H groups in total. The van der Waals surface area contributed by atoms with Gasteiger partial charge in [-0.15, -0.1) is 11.3 Å². The van der Waals surface area contributed by atoms with Crippen LogP contribution in [-0.2, 0) is 0 Å². The number of aliphatic hydroxyl groups is 1. The van der Waals surface area contributed by atoms with Crippen molar-refractivity contribution < 1.29 is 14.8 Å². The summed E-state index contributed by atoms with van der Waals surface area (Å²) in [4.78, 5) is 24.2. The standard InChI is InChI=1S/C11H13ClN2O4S/c12-10-8(14(17)18)5-9(19-10)11(16)13-4-2-1-3-7(13)6-15/h5,7,15H,1-4,6H2. The van der Waals surface area contributed by atoms with Crippen LogP contribution in [0.2, 0.25) is 4.34 Å². The number of hydrogen-bond acceptors (Lipinski definition) is 5. The van der Waals surface area contributed by atoms with Crippen molar-refractivity contribution in [3.05, 3.63) is 25.4 Å². The summed E-state index contributed by atoms with van der Waals surface area (Å²) < 4.78 is 0.00547. The second-order valence-corrected chi connectivity index (χ2v) is 6.01. The maximum atomic E-state index is 12.3. The molecule has 1 aromatic heterocycles. The number of amides is 1. The Kier molecular flexibility index (Phi) is 4.38. The molecule has 1 atom stereocenters. The summed E-state index contributed by atoms with van der Waals surface area (Å²) in [7, 11) is 0. The molecule has 0 radical (unpaired) electrons. The molecule has 0 aliphatic carbocycles. The van der Waals surface area contributed by atoms with Crippen LogP contribution in [0, 0.1) is 10.1 Å². The summed E-state index contributed by atoms with van der Waals surface area (Å²) in [5.74, 6) is -0.293. The lowest BCUT2D eigenvalue weighted by atomic mass is 10.0. The maximum Gasteiger partial charge on any atom is 0.299 e. The van der Waals surface area contributed by atoms with Gasteiger partial charge in [0.1, 0.15) is 4.88 Å². The van der Waals surface area contributed by atoms with Crippen molar-refractivity contribution in [2.75, 3.05) is 13.2 Å². The van der Waals surface area contributed by atoms with E-state index in [2.05, 4.69) is 0 Å². The van der Waals surface area contributed by atoms with E-state index in [-0.39, 0.29) is 33.5 Å². The molecule has 1 saturated heterocycles. The number of piperidine rings is 1. The molecule has 0 saturated carbocycles. The highest BCUT2D eigenvalue weighted by Gasteiger charge is 2.30. The molecule has 19 heavy (non-hydrogen) atoms. The number of carbonyl (C=O) groups is 1. The third-order valence-corrected chi connectivity index (χ3v) is 4.50. The van der Waals surface area contributed by atoms with Crippen molar-refractivity contribution in [3.63, 3.8) is 0 Å². The molecule has 1 amide bonds. The van der Waals surface area contributed by atoms with Crippen LogP contribution in [-0.4, -0.2) is 40.0 Å². The van der Waals surface area contributed by atoms with Crippen molar-refractivity contribution in [3.8, 4) is 0 Å². The highest BCUT2D eigenvalue weighted by molar-refractivity contribution is 7.18. The highest BCUT2D eigenvalue weighted by atomic mass is 35.5. The molecule has 1 fully saturated rings. The van der Waals surface area contributed by atoms with Gasteiger partial charge in [0.05, 0.1) is 17.6 Å². The minimum absolute atomic E-state index is 0.00547. The Balaban J connectivity index is 2.23. The first kappa shape index (κ1) is 14.2. The van der Waals surface area contributed by atoms with Crippen LogP contribution in [0.1, 0.15) is 28.9 Å². The van der Waals surface area contributed by atoms with Gasteiger partial charge in [0.2, 0.25) is 0 Å². The fourth-order valence-electron chi connectivity index (χ4n) is 2.19. The third kappa shape index (κ3) is 2.88. The second kappa shape index (κ2) is 5.85. The highest BCUT2D eigenvalue weighted by Crippen LogP contribution is 2.35. The average molecular weight is 305 g/mol. The third-order valence-electron chi connectivity index (χ3n) is 3.17. The van der Waals surface area contributed by atoms with E-state index in [1.54, 1.807) is 4.90 Å². The van der Waals surface area contributed by atoms with E-state index >= 15 is 0 Å². The zero-order valence-corrected chi connectivity index (χ0v) is 11.6. The summed E-state index contributed by atoms with van der Waals surface area (Å²) in [6, 6.07) is 0.999. The molecule has 6 nitrogen and oxygen atoms in total. The summed E-state index contributed by atoms with van der Waals surface area (Å²) in [5, 5.41) is 20.0. The first-order chi connectivity index (χ1) is 9.04. The molecule has 1 aliphatic rings. The van der Waals surface area contributed by atoms with E-state index in [0.717, 1.165) is 30.6 Å². The van der Waals surface area contributed by atoms with Gasteiger partial charge < -0.3 is 10.0 Å². The zero-order chi connectivity index (χ0) is 14.0. The molecule has 0 aromatic carbocycles. The Morgan fingerprint density at radius 1 is 1.63 bits per heavy atom. The largest absolute Gasteiger partial charge is 0.394 e. The number of halogens is 1. The number of nitrogens with zero attached hydrogens (tertiary/aromatic N) is 2. The maximum absolute atomic E-state index is 12.3. The lowest BCUT2D eigenvalue weighted by molar-refractivity contribution is -0.384. The number of nitro groups is 1. The normalized spacial score (nSPS) is 19.5. The van der Waals surface area contributed by atoms with E-state index in [4.69, 9.17) is 11.6 Å². The minimum Gasteiger partial charge on any atom is -0.394 e. The van der Waals surface area contributed by atoms with E-state index in [9.17, 15) is 20.0 Å². The lowest BCUT2D eigenvalue weighted by Crippen LogP contribution is -2.45. The molecule has 1 aliphatic heterocycles. The van der Waals surface area contributed by atoms with Gasteiger partial charge >= 0.3 is 0 Å². The van der Waals surface area contributed by atoms with Gasteiger partial charge in [-0.05, 0) is 19.3 Å². The van der Waals surface area contributed by atoms with Crippen LogP contribution in [0.15, 0.2) is 6.07 Å². The van der Waals surface area contributed by atoms with Crippen molar-refractivity contribution in [2.24, 2.45) is 0 Å². The molecule has 2 rings (SSSR count). The molecular weight excluding hydrogens is 292 g/mol. The van der Waals surface area contributed by atoms with E-state index in [1.165, 1.54) is 6.07 Å². The molecule has 2 heterocycles. The fourth-order valence-corrected chi connectivity index (χ4v) is 3.37. The second-order valence-electron chi connectivity index (χ2n) is 4.36. The van der Waals surface area contributed by atoms with Gasteiger partial charge in [-0.25, -0.2) is 0 Å². The monoisotopic (exact) mass is 304 g/mol. The van der Waals surface area contributed by atoms with Gasteiger partial charge in [-0.2, -0.15) is 0 Å². The SMILES string of the molecule is O=C(c1cc([N+](=O)[O-])c(Cl)s1)N1CCCCC1CO. The number of likely N-dealkylation sites (tertiary alicyclic amines) is 1. The lowest BCUT2D eigenvalue weighted by Gasteiger charge is -2.34. The molecule has 8 heteroatoms. The molecule has 1 unspecified atom stereocenters.